The minimum Gasteiger partial charge on any atom is -0.490 e. The molecule has 0 bridgehead atoms. The predicted octanol–water partition coefficient (Wildman–Crippen LogP) is 2.37. The number of nitrogen functional groups attached to an aromatic ring is 1. The highest BCUT2D eigenvalue weighted by molar-refractivity contribution is 5.88. The van der Waals surface area contributed by atoms with Gasteiger partial charge >= 0.3 is 0 Å². The van der Waals surface area contributed by atoms with Crippen molar-refractivity contribution in [3.8, 4) is 11.8 Å². The van der Waals surface area contributed by atoms with Gasteiger partial charge in [-0.3, -0.25) is 0 Å². The number of rotatable bonds is 5. The van der Waals surface area contributed by atoms with E-state index < -0.39 is 0 Å². The van der Waals surface area contributed by atoms with Gasteiger partial charge in [0.15, 0.2) is 5.82 Å². The quantitative estimate of drug-likeness (QED) is 0.842. The van der Waals surface area contributed by atoms with Crippen LogP contribution in [-0.4, -0.2) is 35.2 Å². The molecule has 1 heterocycles. The van der Waals surface area contributed by atoms with Gasteiger partial charge in [0, 0.05) is 19.7 Å². The first kappa shape index (κ1) is 17.2. The minimum absolute atomic E-state index is 0.0262. The van der Waals surface area contributed by atoms with E-state index in [0.29, 0.717) is 11.7 Å². The fourth-order valence-electron chi connectivity index (χ4n) is 1.96. The summed E-state index contributed by atoms with van der Waals surface area (Å²) in [5, 5.41) is 9.52. The third-order valence-corrected chi connectivity index (χ3v) is 2.98. The zero-order chi connectivity index (χ0) is 17.7. The number of nitriles is 1. The number of nitrogens with two attached hydrogens (primary N) is 1. The molecule has 124 valence electrons. The van der Waals surface area contributed by atoms with E-state index in [1.807, 2.05) is 38.1 Å². The van der Waals surface area contributed by atoms with E-state index in [4.69, 9.17) is 10.5 Å². The number of aromatic nitrogens is 3. The molecule has 0 amide bonds. The molecule has 2 rings (SSSR count). The van der Waals surface area contributed by atoms with Crippen LogP contribution in [0, 0.1) is 11.3 Å². The molecule has 0 aliphatic carbocycles. The normalized spacial score (nSPS) is 11.2. The van der Waals surface area contributed by atoms with Crippen LogP contribution in [0.15, 0.2) is 24.3 Å². The molecule has 2 N–H and O–H groups in total. The Balaban J connectivity index is 2.50. The number of allylic oxidation sites excluding steroid dienone is 1. The van der Waals surface area contributed by atoms with Gasteiger partial charge in [0.05, 0.1) is 11.7 Å². The van der Waals surface area contributed by atoms with Crippen molar-refractivity contribution in [1.82, 2.24) is 15.0 Å². The highest BCUT2D eigenvalue weighted by Gasteiger charge is 2.12. The fourth-order valence-corrected chi connectivity index (χ4v) is 1.96. The van der Waals surface area contributed by atoms with Gasteiger partial charge in [0.2, 0.25) is 11.9 Å². The summed E-state index contributed by atoms with van der Waals surface area (Å²) in [5.41, 5.74) is 6.78. The first-order valence-electron chi connectivity index (χ1n) is 7.47. The van der Waals surface area contributed by atoms with Crippen molar-refractivity contribution in [2.45, 2.75) is 20.0 Å². The van der Waals surface area contributed by atoms with E-state index >= 15 is 0 Å². The van der Waals surface area contributed by atoms with Crippen LogP contribution in [0.4, 0.5) is 11.9 Å². The van der Waals surface area contributed by atoms with Crippen molar-refractivity contribution < 1.29 is 4.74 Å². The molecule has 0 aliphatic heterocycles. The van der Waals surface area contributed by atoms with Crippen LogP contribution in [0.2, 0.25) is 0 Å². The van der Waals surface area contributed by atoms with Gasteiger partial charge in [-0.2, -0.15) is 20.2 Å². The van der Waals surface area contributed by atoms with Gasteiger partial charge in [-0.25, -0.2) is 0 Å². The van der Waals surface area contributed by atoms with Gasteiger partial charge in [-0.05, 0) is 26.0 Å². The largest absolute Gasteiger partial charge is 0.490 e. The van der Waals surface area contributed by atoms with Gasteiger partial charge < -0.3 is 15.4 Å². The van der Waals surface area contributed by atoms with E-state index in [1.54, 1.807) is 25.1 Å². The third kappa shape index (κ3) is 4.20. The van der Waals surface area contributed by atoms with Crippen LogP contribution in [0.5, 0.6) is 5.75 Å². The summed E-state index contributed by atoms with van der Waals surface area (Å²) >= 11 is 0. The van der Waals surface area contributed by atoms with Crippen LogP contribution < -0.4 is 15.4 Å². The standard InChI is InChI=1S/C17H20N6O/c1-11(2)24-14-8-6-5-7-12(14)9-13(10-18)15-20-16(19)22-17(21-15)23(3)4/h5-9,11H,1-4H3,(H2,19,20,21,22)/b13-9+. The van der Waals surface area contributed by atoms with Crippen molar-refractivity contribution in [3.05, 3.63) is 35.7 Å². The topological polar surface area (TPSA) is 101 Å². The zero-order valence-corrected chi connectivity index (χ0v) is 14.2. The molecule has 0 unspecified atom stereocenters. The van der Waals surface area contributed by atoms with Crippen molar-refractivity contribution >= 4 is 23.5 Å². The van der Waals surface area contributed by atoms with Crippen molar-refractivity contribution in [2.75, 3.05) is 24.7 Å². The van der Waals surface area contributed by atoms with E-state index in [1.165, 1.54) is 0 Å². The molecule has 0 fully saturated rings. The highest BCUT2D eigenvalue weighted by atomic mass is 16.5. The Morgan fingerprint density at radius 3 is 2.58 bits per heavy atom. The zero-order valence-electron chi connectivity index (χ0n) is 14.2. The smallest absolute Gasteiger partial charge is 0.230 e. The molecule has 0 radical (unpaired) electrons. The average Bonchev–Trinajstić information content (AvgIpc) is 2.52. The number of hydrogen-bond acceptors (Lipinski definition) is 7. The number of anilines is 2. The summed E-state index contributed by atoms with van der Waals surface area (Å²) in [4.78, 5) is 14.1. The van der Waals surface area contributed by atoms with Crippen LogP contribution in [-0.2, 0) is 0 Å². The van der Waals surface area contributed by atoms with Crippen LogP contribution in [0.25, 0.3) is 11.6 Å². The molecule has 1 aromatic heterocycles. The molecule has 2 aromatic rings. The lowest BCUT2D eigenvalue weighted by Crippen LogP contribution is -2.15. The van der Waals surface area contributed by atoms with E-state index in [-0.39, 0.29) is 23.4 Å². The molecule has 0 saturated carbocycles. The summed E-state index contributed by atoms with van der Waals surface area (Å²) in [6, 6.07) is 9.60. The maximum absolute atomic E-state index is 9.52. The molecule has 0 atom stereocenters. The van der Waals surface area contributed by atoms with Gasteiger partial charge in [0.25, 0.3) is 0 Å². The van der Waals surface area contributed by atoms with E-state index in [9.17, 15) is 5.26 Å². The van der Waals surface area contributed by atoms with E-state index in [2.05, 4.69) is 21.0 Å². The SMILES string of the molecule is CC(C)Oc1ccccc1/C=C(\C#N)c1nc(N)nc(N(C)C)n1. The maximum Gasteiger partial charge on any atom is 0.230 e. The first-order valence-corrected chi connectivity index (χ1v) is 7.47. The Morgan fingerprint density at radius 1 is 1.25 bits per heavy atom. The van der Waals surface area contributed by atoms with Crippen LogP contribution >= 0.6 is 0 Å². The lowest BCUT2D eigenvalue weighted by Gasteiger charge is -2.13. The summed E-state index contributed by atoms with van der Waals surface area (Å²) in [6.07, 6.45) is 1.71. The Kier molecular flexibility index (Phi) is 5.32. The Hall–Kier alpha value is -3.14. The number of para-hydroxylation sites is 1. The molecule has 0 saturated heterocycles. The first-order chi connectivity index (χ1) is 11.4. The third-order valence-electron chi connectivity index (χ3n) is 2.98. The molecule has 0 aliphatic rings. The van der Waals surface area contributed by atoms with Gasteiger partial charge in [-0.1, -0.05) is 18.2 Å². The average molecular weight is 324 g/mol. The Morgan fingerprint density at radius 2 is 1.96 bits per heavy atom. The lowest BCUT2D eigenvalue weighted by molar-refractivity contribution is 0.242. The lowest BCUT2D eigenvalue weighted by atomic mass is 10.1. The number of hydrogen-bond donors (Lipinski definition) is 1. The molecule has 24 heavy (non-hydrogen) atoms. The summed E-state index contributed by atoms with van der Waals surface area (Å²) in [7, 11) is 3.58. The van der Waals surface area contributed by atoms with Crippen LogP contribution in [0.3, 0.4) is 0 Å². The molecule has 7 nitrogen and oxygen atoms in total. The van der Waals surface area contributed by atoms with Crippen molar-refractivity contribution in [2.24, 2.45) is 0 Å². The molecule has 0 spiro atoms. The molecule has 7 heteroatoms. The molecular formula is C17H20N6O. The van der Waals surface area contributed by atoms with E-state index in [0.717, 1.165) is 5.56 Å². The molecular weight excluding hydrogens is 304 g/mol. The highest BCUT2D eigenvalue weighted by Crippen LogP contribution is 2.24. The Bertz CT molecular complexity index is 792. The minimum atomic E-state index is 0.0262. The second kappa shape index (κ2) is 7.42. The summed E-state index contributed by atoms with van der Waals surface area (Å²) in [6.45, 7) is 3.89. The van der Waals surface area contributed by atoms with Gasteiger partial charge in [-0.15, -0.1) is 0 Å². The van der Waals surface area contributed by atoms with Crippen LogP contribution in [0.1, 0.15) is 25.2 Å². The monoisotopic (exact) mass is 324 g/mol. The Labute approximate surface area is 141 Å². The van der Waals surface area contributed by atoms with Crippen molar-refractivity contribution in [1.29, 1.82) is 5.26 Å². The number of ether oxygens (including phenoxy) is 1. The summed E-state index contributed by atoms with van der Waals surface area (Å²) in [5.74, 6) is 1.38. The number of nitrogens with zero attached hydrogens (tertiary/aromatic N) is 5. The second-order valence-electron chi connectivity index (χ2n) is 5.59. The van der Waals surface area contributed by atoms with Crippen molar-refractivity contribution in [3.63, 3.8) is 0 Å². The molecule has 1 aromatic carbocycles. The second-order valence-corrected chi connectivity index (χ2v) is 5.59. The maximum atomic E-state index is 9.52. The summed E-state index contributed by atoms with van der Waals surface area (Å²) < 4.78 is 5.77. The fraction of sp³-hybridized carbons (Fsp3) is 0.294. The number of benzene rings is 1. The van der Waals surface area contributed by atoms with Gasteiger partial charge in [0.1, 0.15) is 11.8 Å². The predicted molar refractivity (Wildman–Crippen MR) is 94.3 cm³/mol.